The van der Waals surface area contributed by atoms with Crippen LogP contribution in [0.2, 0.25) is 0 Å². The van der Waals surface area contributed by atoms with Gasteiger partial charge in [0.1, 0.15) is 5.69 Å². The first-order valence-electron chi connectivity index (χ1n) is 9.66. The molecule has 7 nitrogen and oxygen atoms in total. The van der Waals surface area contributed by atoms with Crippen LogP contribution >= 0.6 is 23.7 Å². The third kappa shape index (κ3) is 4.78. The van der Waals surface area contributed by atoms with Crippen molar-refractivity contribution in [3.63, 3.8) is 0 Å². The molecule has 1 amide bonds. The van der Waals surface area contributed by atoms with E-state index in [0.717, 1.165) is 48.2 Å². The molecule has 1 saturated heterocycles. The molecular formula is C20H26ClN5O2S. The number of halogens is 1. The van der Waals surface area contributed by atoms with Gasteiger partial charge in [0.25, 0.3) is 5.91 Å². The minimum absolute atomic E-state index is 0. The molecule has 1 aromatic carbocycles. The number of morpholine rings is 1. The Morgan fingerprint density at radius 1 is 1.28 bits per heavy atom. The predicted molar refractivity (Wildman–Crippen MR) is 118 cm³/mol. The molecule has 4 rings (SSSR count). The molecule has 0 saturated carbocycles. The minimum atomic E-state index is -0.0524. The van der Waals surface area contributed by atoms with Gasteiger partial charge in [0.15, 0.2) is 5.13 Å². The Bertz CT molecular complexity index is 967. The molecule has 29 heavy (non-hydrogen) atoms. The van der Waals surface area contributed by atoms with Crippen molar-refractivity contribution in [2.75, 3.05) is 44.3 Å². The van der Waals surface area contributed by atoms with Crippen LogP contribution in [0.5, 0.6) is 0 Å². The van der Waals surface area contributed by atoms with Crippen LogP contribution in [-0.2, 0) is 11.3 Å². The van der Waals surface area contributed by atoms with Crippen molar-refractivity contribution in [2.24, 2.45) is 0 Å². The van der Waals surface area contributed by atoms with Gasteiger partial charge in [0.2, 0.25) is 0 Å². The highest BCUT2D eigenvalue weighted by Gasteiger charge is 2.25. The molecule has 0 spiro atoms. The van der Waals surface area contributed by atoms with Crippen molar-refractivity contribution in [3.05, 3.63) is 41.7 Å². The van der Waals surface area contributed by atoms with Gasteiger partial charge in [-0.05, 0) is 37.6 Å². The second-order valence-corrected chi connectivity index (χ2v) is 7.92. The third-order valence-corrected chi connectivity index (χ3v) is 6.03. The molecule has 0 bridgehead atoms. The fourth-order valence-corrected chi connectivity index (χ4v) is 4.48. The summed E-state index contributed by atoms with van der Waals surface area (Å²) < 4.78 is 8.27. The summed E-state index contributed by atoms with van der Waals surface area (Å²) in [5.74, 6) is -0.0524. The van der Waals surface area contributed by atoms with Gasteiger partial charge >= 0.3 is 0 Å². The number of aryl methyl sites for hydroxylation is 2. The van der Waals surface area contributed by atoms with Gasteiger partial charge < -0.3 is 4.74 Å². The summed E-state index contributed by atoms with van der Waals surface area (Å²) in [5.41, 5.74) is 2.72. The van der Waals surface area contributed by atoms with Gasteiger partial charge in [-0.2, -0.15) is 5.10 Å². The Hall–Kier alpha value is -2.00. The van der Waals surface area contributed by atoms with Crippen LogP contribution < -0.4 is 4.90 Å². The second kappa shape index (κ2) is 9.67. The minimum Gasteiger partial charge on any atom is -0.379 e. The largest absolute Gasteiger partial charge is 0.379 e. The van der Waals surface area contributed by atoms with E-state index in [1.54, 1.807) is 33.2 Å². The van der Waals surface area contributed by atoms with Gasteiger partial charge in [-0.15, -0.1) is 12.4 Å². The smallest absolute Gasteiger partial charge is 0.278 e. The molecule has 156 valence electrons. The standard InChI is InChI=1S/C20H25N5O2S.ClH/c1-3-25-17(6-7-21-25)19(26)24(9-8-23-10-12-27-13-11-23)20-22-16-5-4-15(2)14-18(16)28-20;/h4-7,14H,3,8-13H2,1-2H3;1H. The van der Waals surface area contributed by atoms with E-state index in [9.17, 15) is 4.79 Å². The zero-order valence-electron chi connectivity index (χ0n) is 16.7. The monoisotopic (exact) mass is 435 g/mol. The van der Waals surface area contributed by atoms with E-state index in [-0.39, 0.29) is 18.3 Å². The number of anilines is 1. The molecule has 3 heterocycles. The fraction of sp³-hybridized carbons (Fsp3) is 0.450. The first kappa shape index (κ1) is 21.7. The molecule has 0 radical (unpaired) electrons. The first-order chi connectivity index (χ1) is 13.7. The van der Waals surface area contributed by atoms with Gasteiger partial charge in [-0.3, -0.25) is 19.3 Å². The molecule has 0 N–H and O–H groups in total. The Morgan fingerprint density at radius 2 is 2.07 bits per heavy atom. The molecule has 1 aliphatic rings. The van der Waals surface area contributed by atoms with Crippen molar-refractivity contribution in [3.8, 4) is 0 Å². The summed E-state index contributed by atoms with van der Waals surface area (Å²) in [4.78, 5) is 22.3. The normalized spacial score (nSPS) is 14.7. The number of fused-ring (bicyclic) bond motifs is 1. The number of ether oxygens (including phenoxy) is 1. The van der Waals surface area contributed by atoms with E-state index in [0.29, 0.717) is 18.8 Å². The average molecular weight is 436 g/mol. The lowest BCUT2D eigenvalue weighted by molar-refractivity contribution is 0.0391. The summed E-state index contributed by atoms with van der Waals surface area (Å²) in [6, 6.07) is 7.98. The van der Waals surface area contributed by atoms with Crippen LogP contribution in [0.1, 0.15) is 23.0 Å². The lowest BCUT2D eigenvalue weighted by Crippen LogP contribution is -2.43. The van der Waals surface area contributed by atoms with E-state index in [2.05, 4.69) is 29.1 Å². The van der Waals surface area contributed by atoms with Crippen molar-refractivity contribution >= 4 is 45.0 Å². The lowest BCUT2D eigenvalue weighted by Gasteiger charge is -2.29. The number of aromatic nitrogens is 3. The summed E-state index contributed by atoms with van der Waals surface area (Å²) in [6.07, 6.45) is 1.68. The number of nitrogens with zero attached hydrogens (tertiary/aromatic N) is 5. The molecule has 3 aromatic rings. The van der Waals surface area contributed by atoms with E-state index < -0.39 is 0 Å². The van der Waals surface area contributed by atoms with Crippen molar-refractivity contribution in [1.82, 2.24) is 19.7 Å². The highest BCUT2D eigenvalue weighted by Crippen LogP contribution is 2.30. The molecular weight excluding hydrogens is 410 g/mol. The third-order valence-electron chi connectivity index (χ3n) is 4.99. The van der Waals surface area contributed by atoms with Gasteiger partial charge in [0, 0.05) is 38.9 Å². The Morgan fingerprint density at radius 3 is 2.83 bits per heavy atom. The predicted octanol–water partition coefficient (Wildman–Crippen LogP) is 3.22. The average Bonchev–Trinajstić information content (AvgIpc) is 3.35. The number of thiazole rings is 1. The van der Waals surface area contributed by atoms with Gasteiger partial charge in [-0.1, -0.05) is 17.4 Å². The highest BCUT2D eigenvalue weighted by molar-refractivity contribution is 7.22. The van der Waals surface area contributed by atoms with Crippen LogP contribution in [0.15, 0.2) is 30.5 Å². The molecule has 0 unspecified atom stereocenters. The summed E-state index contributed by atoms with van der Waals surface area (Å²) in [5, 5.41) is 5.00. The molecule has 2 aromatic heterocycles. The molecule has 0 aliphatic carbocycles. The topological polar surface area (TPSA) is 63.5 Å². The van der Waals surface area contributed by atoms with Crippen LogP contribution in [0.3, 0.4) is 0 Å². The lowest BCUT2D eigenvalue weighted by atomic mass is 10.2. The number of hydrogen-bond donors (Lipinski definition) is 0. The molecule has 0 atom stereocenters. The number of carbonyl (C=O) groups excluding carboxylic acids is 1. The maximum atomic E-state index is 13.4. The van der Waals surface area contributed by atoms with Gasteiger partial charge in [-0.25, -0.2) is 4.98 Å². The van der Waals surface area contributed by atoms with Crippen LogP contribution in [-0.4, -0.2) is 65.0 Å². The quantitative estimate of drug-likeness (QED) is 0.594. The van der Waals surface area contributed by atoms with E-state index in [4.69, 9.17) is 9.72 Å². The number of amides is 1. The summed E-state index contributed by atoms with van der Waals surface area (Å²) in [6.45, 7) is 9.39. The highest BCUT2D eigenvalue weighted by atomic mass is 35.5. The van der Waals surface area contributed by atoms with Crippen LogP contribution in [0, 0.1) is 6.92 Å². The van der Waals surface area contributed by atoms with Crippen LogP contribution in [0.4, 0.5) is 5.13 Å². The van der Waals surface area contributed by atoms with Crippen LogP contribution in [0.25, 0.3) is 10.2 Å². The second-order valence-electron chi connectivity index (χ2n) is 6.91. The summed E-state index contributed by atoms with van der Waals surface area (Å²) in [7, 11) is 0. The van der Waals surface area contributed by atoms with Crippen molar-refractivity contribution in [2.45, 2.75) is 20.4 Å². The SMILES string of the molecule is CCn1nccc1C(=O)N(CCN1CCOCC1)c1nc2ccc(C)cc2s1.Cl. The number of benzene rings is 1. The number of rotatable bonds is 6. The summed E-state index contributed by atoms with van der Waals surface area (Å²) >= 11 is 1.57. The number of carbonyl (C=O) groups is 1. The Balaban J connectivity index is 0.00000240. The van der Waals surface area contributed by atoms with E-state index in [1.165, 1.54) is 5.56 Å². The van der Waals surface area contributed by atoms with E-state index >= 15 is 0 Å². The van der Waals surface area contributed by atoms with E-state index in [1.807, 2.05) is 13.0 Å². The zero-order valence-corrected chi connectivity index (χ0v) is 18.3. The Kier molecular flexibility index (Phi) is 7.23. The molecule has 1 fully saturated rings. The fourth-order valence-electron chi connectivity index (χ4n) is 3.39. The number of hydrogen-bond acceptors (Lipinski definition) is 6. The first-order valence-corrected chi connectivity index (χ1v) is 10.5. The maximum absolute atomic E-state index is 13.4. The van der Waals surface area contributed by atoms with Gasteiger partial charge in [0.05, 0.1) is 23.4 Å². The van der Waals surface area contributed by atoms with Crippen molar-refractivity contribution < 1.29 is 9.53 Å². The Labute approximate surface area is 180 Å². The molecule has 9 heteroatoms. The van der Waals surface area contributed by atoms with Crippen molar-refractivity contribution in [1.29, 1.82) is 0 Å². The maximum Gasteiger partial charge on any atom is 0.278 e. The zero-order chi connectivity index (χ0) is 19.5. The molecule has 1 aliphatic heterocycles.